The zero-order chi connectivity index (χ0) is 20.9. The van der Waals surface area contributed by atoms with Crippen molar-refractivity contribution in [2.75, 3.05) is 14.2 Å². The van der Waals surface area contributed by atoms with Gasteiger partial charge >= 0.3 is 12.1 Å². The zero-order valence-electron chi connectivity index (χ0n) is 15.0. The predicted molar refractivity (Wildman–Crippen MR) is 93.1 cm³/mol. The number of ether oxygens (including phenoxy) is 2. The Labute approximate surface area is 161 Å². The fraction of sp³-hybridized carbons (Fsp3) is 0.353. The summed E-state index contributed by atoms with van der Waals surface area (Å²) in [5.74, 6) is -0.864. The zero-order valence-corrected chi connectivity index (χ0v) is 15.9. The number of carbonyl (C=O) groups is 1. The molecule has 1 aromatic carbocycles. The number of thiazole rings is 1. The van der Waals surface area contributed by atoms with Crippen molar-refractivity contribution in [3.63, 3.8) is 0 Å². The average Bonchev–Trinajstić information content (AvgIpc) is 3.03. The number of alkyl halides is 4. The van der Waals surface area contributed by atoms with Gasteiger partial charge in [0.2, 0.25) is 12.1 Å². The molecule has 0 amide bonds. The fourth-order valence-electron chi connectivity index (χ4n) is 2.19. The highest BCUT2D eigenvalue weighted by molar-refractivity contribution is 7.11. The highest BCUT2D eigenvalue weighted by atomic mass is 32.1. The second kappa shape index (κ2) is 9.00. The van der Waals surface area contributed by atoms with Crippen LogP contribution in [0.2, 0.25) is 0 Å². The number of nitrogens with zero attached hydrogens (tertiary/aromatic N) is 2. The first kappa shape index (κ1) is 21.6. The van der Waals surface area contributed by atoms with Gasteiger partial charge in [-0.05, 0) is 12.5 Å². The summed E-state index contributed by atoms with van der Waals surface area (Å²) in [4.78, 5) is 20.5. The van der Waals surface area contributed by atoms with Gasteiger partial charge < -0.3 is 14.3 Å². The van der Waals surface area contributed by atoms with Crippen LogP contribution < -0.4 is 4.74 Å². The minimum Gasteiger partial charge on any atom is -0.472 e. The van der Waals surface area contributed by atoms with E-state index >= 15 is 0 Å². The molecule has 0 N–H and O–H groups in total. The highest BCUT2D eigenvalue weighted by Gasteiger charge is 2.43. The van der Waals surface area contributed by atoms with Gasteiger partial charge in [0.1, 0.15) is 18.7 Å². The van der Waals surface area contributed by atoms with E-state index in [2.05, 4.69) is 19.7 Å². The molecule has 2 aromatic rings. The number of carbonyl (C=O) groups excluding carboxylic acids is 1. The van der Waals surface area contributed by atoms with Crippen LogP contribution in [0.15, 0.2) is 29.4 Å². The number of halogens is 4. The third kappa shape index (κ3) is 4.97. The summed E-state index contributed by atoms with van der Waals surface area (Å²) in [6.07, 6.45) is -8.22. The van der Waals surface area contributed by atoms with Crippen molar-refractivity contribution >= 4 is 23.0 Å². The quantitative estimate of drug-likeness (QED) is 0.292. The van der Waals surface area contributed by atoms with E-state index in [1.54, 1.807) is 24.3 Å². The van der Waals surface area contributed by atoms with Crippen molar-refractivity contribution in [1.29, 1.82) is 0 Å². The van der Waals surface area contributed by atoms with E-state index in [1.165, 1.54) is 21.1 Å². The van der Waals surface area contributed by atoms with E-state index in [0.29, 0.717) is 22.5 Å². The van der Waals surface area contributed by atoms with Gasteiger partial charge in [-0.2, -0.15) is 13.2 Å². The van der Waals surface area contributed by atoms with Crippen LogP contribution in [-0.2, 0) is 21.0 Å². The molecule has 0 spiro atoms. The van der Waals surface area contributed by atoms with Crippen molar-refractivity contribution in [2.45, 2.75) is 25.9 Å². The Morgan fingerprint density at radius 3 is 2.57 bits per heavy atom. The third-order valence-corrected chi connectivity index (χ3v) is 4.46. The predicted octanol–water partition coefficient (Wildman–Crippen LogP) is 4.13. The van der Waals surface area contributed by atoms with Gasteiger partial charge in [0.05, 0.1) is 12.0 Å². The van der Waals surface area contributed by atoms with Crippen LogP contribution >= 0.6 is 11.3 Å². The average molecular weight is 420 g/mol. The number of hydrogen-bond acceptors (Lipinski definition) is 7. The lowest BCUT2D eigenvalue weighted by Gasteiger charge is -2.11. The second-order valence-electron chi connectivity index (χ2n) is 5.38. The van der Waals surface area contributed by atoms with E-state index in [-0.39, 0.29) is 23.1 Å². The number of rotatable bonds is 7. The molecule has 1 heterocycles. The Bertz CT molecular complexity index is 867. The van der Waals surface area contributed by atoms with Gasteiger partial charge in [-0.3, -0.25) is 0 Å². The van der Waals surface area contributed by atoms with Crippen molar-refractivity contribution < 1.29 is 36.7 Å². The maximum absolute atomic E-state index is 13.5. The van der Waals surface area contributed by atoms with Gasteiger partial charge in [0, 0.05) is 5.56 Å². The molecule has 2 rings (SSSR count). The largest absolute Gasteiger partial charge is 0.472 e. The number of methoxy groups -OCH3 is 1. The Morgan fingerprint density at radius 1 is 1.29 bits per heavy atom. The van der Waals surface area contributed by atoms with Gasteiger partial charge in [0.15, 0.2) is 5.71 Å². The smallest absolute Gasteiger partial charge is 0.426 e. The SMILES string of the molecule is CON=C(C(=O)OC)c1ccccc1COc1nc(C(F)C(F)(F)F)sc1C. The molecule has 0 aliphatic carbocycles. The fourth-order valence-corrected chi connectivity index (χ4v) is 3.06. The lowest BCUT2D eigenvalue weighted by molar-refractivity contribution is -0.182. The third-order valence-electron chi connectivity index (χ3n) is 3.47. The Kier molecular flexibility index (Phi) is 6.95. The molecule has 11 heteroatoms. The van der Waals surface area contributed by atoms with E-state index in [0.717, 1.165) is 0 Å². The summed E-state index contributed by atoms with van der Waals surface area (Å²) in [5.41, 5.74) is 0.717. The first-order valence-electron chi connectivity index (χ1n) is 7.77. The normalized spacial score (nSPS) is 13.2. The monoisotopic (exact) mass is 420 g/mol. The molecule has 152 valence electrons. The lowest BCUT2D eigenvalue weighted by atomic mass is 10.0. The standard InChI is InChI=1S/C17H16F4N2O4S/c1-9-14(22-15(28-9)13(18)17(19,20)21)27-8-10-6-4-5-7-11(10)12(23-26-3)16(24)25-2/h4-7,13H,8H2,1-3H3. The van der Waals surface area contributed by atoms with Crippen LogP contribution in [-0.4, -0.2) is 37.1 Å². The summed E-state index contributed by atoms with van der Waals surface area (Å²) in [6, 6.07) is 6.52. The topological polar surface area (TPSA) is 70.0 Å². The number of hydrogen-bond donors (Lipinski definition) is 0. The minimum absolute atomic E-state index is 0.110. The Hall–Kier alpha value is -2.69. The van der Waals surface area contributed by atoms with Gasteiger partial charge in [-0.1, -0.05) is 29.4 Å². The number of esters is 1. The van der Waals surface area contributed by atoms with Gasteiger partial charge in [0.25, 0.3) is 0 Å². The highest BCUT2D eigenvalue weighted by Crippen LogP contribution is 2.40. The van der Waals surface area contributed by atoms with Crippen LogP contribution in [0.4, 0.5) is 17.6 Å². The molecule has 0 bridgehead atoms. The molecule has 0 saturated heterocycles. The minimum atomic E-state index is -5.04. The van der Waals surface area contributed by atoms with Crippen LogP contribution in [0, 0.1) is 6.92 Å². The van der Waals surface area contributed by atoms with Crippen LogP contribution in [0.25, 0.3) is 0 Å². The molecule has 0 fully saturated rings. The van der Waals surface area contributed by atoms with Crippen LogP contribution in [0.1, 0.15) is 27.2 Å². The molecule has 6 nitrogen and oxygen atoms in total. The molecule has 1 aromatic heterocycles. The molecular formula is C17H16F4N2O4S. The first-order chi connectivity index (χ1) is 13.2. The van der Waals surface area contributed by atoms with E-state index in [9.17, 15) is 22.4 Å². The number of aromatic nitrogens is 1. The maximum Gasteiger partial charge on any atom is 0.426 e. The molecular weight excluding hydrogens is 404 g/mol. The van der Waals surface area contributed by atoms with Crippen molar-refractivity contribution in [1.82, 2.24) is 4.98 Å². The molecule has 1 unspecified atom stereocenters. The van der Waals surface area contributed by atoms with Crippen molar-refractivity contribution in [3.8, 4) is 5.88 Å². The Morgan fingerprint density at radius 2 is 1.96 bits per heavy atom. The molecule has 0 aliphatic rings. The number of aryl methyl sites for hydroxylation is 1. The van der Waals surface area contributed by atoms with E-state index in [1.807, 2.05) is 0 Å². The van der Waals surface area contributed by atoms with Crippen LogP contribution in [0.5, 0.6) is 5.88 Å². The summed E-state index contributed by atoms with van der Waals surface area (Å²) >= 11 is 0.563. The van der Waals surface area contributed by atoms with Gasteiger partial charge in [-0.15, -0.1) is 11.3 Å². The summed E-state index contributed by atoms with van der Waals surface area (Å²) in [6.45, 7) is 1.32. The summed E-state index contributed by atoms with van der Waals surface area (Å²) in [5, 5.41) is 2.92. The molecule has 28 heavy (non-hydrogen) atoms. The molecule has 0 radical (unpaired) electrons. The van der Waals surface area contributed by atoms with Crippen molar-refractivity contribution in [3.05, 3.63) is 45.3 Å². The van der Waals surface area contributed by atoms with Gasteiger partial charge in [-0.25, -0.2) is 14.2 Å². The first-order valence-corrected chi connectivity index (χ1v) is 8.59. The molecule has 0 saturated carbocycles. The maximum atomic E-state index is 13.5. The van der Waals surface area contributed by atoms with Crippen LogP contribution in [0.3, 0.4) is 0 Å². The van der Waals surface area contributed by atoms with E-state index < -0.39 is 23.3 Å². The molecule has 0 aliphatic heterocycles. The second-order valence-corrected chi connectivity index (χ2v) is 6.61. The van der Waals surface area contributed by atoms with E-state index in [4.69, 9.17) is 4.74 Å². The molecule has 1 atom stereocenters. The summed E-state index contributed by atoms with van der Waals surface area (Å²) < 4.78 is 61.2. The lowest BCUT2D eigenvalue weighted by Crippen LogP contribution is -2.20. The summed E-state index contributed by atoms with van der Waals surface area (Å²) in [7, 11) is 2.44. The van der Waals surface area contributed by atoms with Crippen molar-refractivity contribution in [2.24, 2.45) is 5.16 Å². The number of benzene rings is 1. The Balaban J connectivity index is 2.26. The number of oxime groups is 1.